The summed E-state index contributed by atoms with van der Waals surface area (Å²) in [5.74, 6) is -0.310. The molecule has 0 bridgehead atoms. The molecule has 3 heteroatoms. The predicted molar refractivity (Wildman–Crippen MR) is 92.1 cm³/mol. The quantitative estimate of drug-likeness (QED) is 0.892. The smallest absolute Gasteiger partial charge is 0.345 e. The van der Waals surface area contributed by atoms with Gasteiger partial charge in [0.05, 0.1) is 0 Å². The topological polar surface area (TPSA) is 46.5 Å². The first kappa shape index (κ1) is 17.1. The predicted octanol–water partition coefficient (Wildman–Crippen LogP) is 4.37. The van der Waals surface area contributed by atoms with E-state index in [1.807, 2.05) is 55.5 Å². The minimum atomic E-state index is -0.949. The molecule has 0 saturated heterocycles. The van der Waals surface area contributed by atoms with Gasteiger partial charge in [-0.15, -0.1) is 0 Å². The van der Waals surface area contributed by atoms with Crippen LogP contribution in [0.4, 0.5) is 0 Å². The highest BCUT2D eigenvalue weighted by molar-refractivity contribution is 5.73. The average Bonchev–Trinajstić information content (AvgIpc) is 2.46. The zero-order valence-corrected chi connectivity index (χ0v) is 14.2. The summed E-state index contributed by atoms with van der Waals surface area (Å²) < 4.78 is 5.88. The van der Waals surface area contributed by atoms with Crippen LogP contribution in [0.5, 0.6) is 5.75 Å². The van der Waals surface area contributed by atoms with Crippen LogP contribution in [-0.2, 0) is 16.6 Å². The fourth-order valence-electron chi connectivity index (χ4n) is 2.57. The molecule has 2 aromatic rings. The number of carboxylic acid groups (broad SMARTS) is 1. The minimum Gasteiger partial charge on any atom is -0.478 e. The van der Waals surface area contributed by atoms with E-state index >= 15 is 0 Å². The number of para-hydroxylation sites is 1. The maximum absolute atomic E-state index is 11.6. The van der Waals surface area contributed by atoms with Crippen molar-refractivity contribution in [1.29, 1.82) is 0 Å². The first-order valence-corrected chi connectivity index (χ1v) is 7.82. The summed E-state index contributed by atoms with van der Waals surface area (Å²) in [6.07, 6.45) is -0.560. The van der Waals surface area contributed by atoms with Gasteiger partial charge >= 0.3 is 5.97 Å². The highest BCUT2D eigenvalue weighted by Gasteiger charge is 2.24. The molecule has 0 saturated carbocycles. The minimum absolute atomic E-state index is 0.108. The number of aliphatic carboxylic acids is 1. The third-order valence-electron chi connectivity index (χ3n) is 3.74. The number of rotatable bonds is 5. The lowest BCUT2D eigenvalue weighted by Crippen LogP contribution is -2.30. The Morgan fingerprint density at radius 3 is 2.43 bits per heavy atom. The zero-order chi connectivity index (χ0) is 17.0. The number of benzene rings is 2. The van der Waals surface area contributed by atoms with Gasteiger partial charge in [-0.3, -0.25) is 0 Å². The summed E-state index contributed by atoms with van der Waals surface area (Å²) in [7, 11) is 0. The molecule has 122 valence electrons. The molecular weight excluding hydrogens is 288 g/mol. The van der Waals surface area contributed by atoms with Crippen molar-refractivity contribution in [2.24, 2.45) is 0 Å². The first-order valence-electron chi connectivity index (χ1n) is 7.82. The van der Waals surface area contributed by atoms with Gasteiger partial charge < -0.3 is 9.84 Å². The first-order chi connectivity index (χ1) is 10.8. The van der Waals surface area contributed by atoms with Crippen molar-refractivity contribution in [2.75, 3.05) is 0 Å². The van der Waals surface area contributed by atoms with E-state index in [4.69, 9.17) is 4.74 Å². The highest BCUT2D eigenvalue weighted by atomic mass is 16.5. The second-order valence-electron chi connectivity index (χ2n) is 6.88. The van der Waals surface area contributed by atoms with Crippen LogP contribution in [0.3, 0.4) is 0 Å². The Labute approximate surface area is 137 Å². The monoisotopic (exact) mass is 312 g/mol. The molecule has 0 fully saturated rings. The molecule has 0 radical (unpaired) electrons. The second kappa shape index (κ2) is 6.86. The normalized spacial score (nSPS) is 12.7. The number of ether oxygens (including phenoxy) is 1. The molecule has 0 aromatic heterocycles. The Morgan fingerprint density at radius 1 is 1.13 bits per heavy atom. The molecule has 1 unspecified atom stereocenters. The third-order valence-corrected chi connectivity index (χ3v) is 3.74. The largest absolute Gasteiger partial charge is 0.478 e. The lowest BCUT2D eigenvalue weighted by atomic mass is 9.86. The van der Waals surface area contributed by atoms with E-state index in [9.17, 15) is 9.90 Å². The van der Waals surface area contributed by atoms with Crippen LogP contribution in [0.1, 0.15) is 37.5 Å². The number of aryl methyl sites for hydroxylation is 1. The summed E-state index contributed by atoms with van der Waals surface area (Å²) in [5, 5.41) is 9.53. The van der Waals surface area contributed by atoms with Crippen LogP contribution in [0, 0.1) is 6.92 Å². The van der Waals surface area contributed by atoms with Gasteiger partial charge in [0.1, 0.15) is 5.75 Å². The number of hydrogen-bond acceptors (Lipinski definition) is 2. The van der Waals surface area contributed by atoms with Gasteiger partial charge in [0.25, 0.3) is 0 Å². The molecule has 0 aliphatic carbocycles. The number of carboxylic acids is 1. The van der Waals surface area contributed by atoms with Crippen molar-refractivity contribution in [2.45, 2.75) is 45.6 Å². The summed E-state index contributed by atoms with van der Waals surface area (Å²) in [4.78, 5) is 11.6. The van der Waals surface area contributed by atoms with Crippen molar-refractivity contribution in [3.63, 3.8) is 0 Å². The van der Waals surface area contributed by atoms with E-state index in [-0.39, 0.29) is 5.41 Å². The zero-order valence-electron chi connectivity index (χ0n) is 14.2. The van der Waals surface area contributed by atoms with Crippen LogP contribution in [0.25, 0.3) is 0 Å². The second-order valence-corrected chi connectivity index (χ2v) is 6.88. The number of hydrogen-bond donors (Lipinski definition) is 1. The summed E-state index contributed by atoms with van der Waals surface area (Å²) in [6.45, 7) is 8.26. The third kappa shape index (κ3) is 4.59. The molecule has 0 heterocycles. The molecular formula is C20H24O3. The van der Waals surface area contributed by atoms with E-state index in [2.05, 4.69) is 20.8 Å². The van der Waals surface area contributed by atoms with Gasteiger partial charge in [-0.05, 0) is 29.5 Å². The maximum atomic E-state index is 11.6. The van der Waals surface area contributed by atoms with Crippen LogP contribution in [0.15, 0.2) is 48.5 Å². The van der Waals surface area contributed by atoms with Gasteiger partial charge in [0, 0.05) is 6.42 Å². The van der Waals surface area contributed by atoms with E-state index in [1.165, 1.54) is 0 Å². The molecule has 3 nitrogen and oxygen atoms in total. The van der Waals surface area contributed by atoms with Crippen molar-refractivity contribution in [3.05, 3.63) is 65.2 Å². The van der Waals surface area contributed by atoms with Gasteiger partial charge in [-0.2, -0.15) is 0 Å². The van der Waals surface area contributed by atoms with E-state index < -0.39 is 12.1 Å². The lowest BCUT2D eigenvalue weighted by molar-refractivity contribution is -0.145. The van der Waals surface area contributed by atoms with Crippen molar-refractivity contribution in [1.82, 2.24) is 0 Å². The Morgan fingerprint density at radius 2 is 1.83 bits per heavy atom. The van der Waals surface area contributed by atoms with E-state index in [1.54, 1.807) is 0 Å². The van der Waals surface area contributed by atoms with Crippen LogP contribution in [0.2, 0.25) is 0 Å². The summed E-state index contributed by atoms with van der Waals surface area (Å²) in [5.41, 5.74) is 2.98. The maximum Gasteiger partial charge on any atom is 0.345 e. The Hall–Kier alpha value is -2.29. The molecule has 2 rings (SSSR count). The molecule has 0 spiro atoms. The Balaban J connectivity index is 2.26. The standard InChI is InChI=1S/C20H24O3/c1-14-8-7-9-15(12-14)13-18(19(21)22)23-17-11-6-5-10-16(17)20(2,3)4/h5-12,18H,13H2,1-4H3,(H,21,22). The van der Waals surface area contributed by atoms with Crippen LogP contribution in [-0.4, -0.2) is 17.2 Å². The molecule has 1 N–H and O–H groups in total. The van der Waals surface area contributed by atoms with E-state index in [0.717, 1.165) is 16.7 Å². The highest BCUT2D eigenvalue weighted by Crippen LogP contribution is 2.31. The van der Waals surface area contributed by atoms with Gasteiger partial charge in [0.15, 0.2) is 6.10 Å². The molecule has 2 aromatic carbocycles. The molecule has 0 aliphatic heterocycles. The van der Waals surface area contributed by atoms with Crippen LogP contribution < -0.4 is 4.74 Å². The van der Waals surface area contributed by atoms with Crippen molar-refractivity contribution < 1.29 is 14.6 Å². The van der Waals surface area contributed by atoms with Gasteiger partial charge in [-0.25, -0.2) is 4.79 Å². The average molecular weight is 312 g/mol. The molecule has 1 atom stereocenters. The van der Waals surface area contributed by atoms with E-state index in [0.29, 0.717) is 12.2 Å². The van der Waals surface area contributed by atoms with Gasteiger partial charge in [-0.1, -0.05) is 68.8 Å². The fourth-order valence-corrected chi connectivity index (χ4v) is 2.57. The van der Waals surface area contributed by atoms with Crippen molar-refractivity contribution in [3.8, 4) is 5.75 Å². The molecule has 23 heavy (non-hydrogen) atoms. The summed E-state index contributed by atoms with van der Waals surface area (Å²) in [6, 6.07) is 15.5. The Kier molecular flexibility index (Phi) is 5.09. The van der Waals surface area contributed by atoms with Crippen LogP contribution >= 0.6 is 0 Å². The van der Waals surface area contributed by atoms with Crippen molar-refractivity contribution >= 4 is 5.97 Å². The summed E-state index contributed by atoms with van der Waals surface area (Å²) >= 11 is 0. The number of carbonyl (C=O) groups is 1. The SMILES string of the molecule is Cc1cccc(CC(Oc2ccccc2C(C)(C)C)C(=O)O)c1. The van der Waals surface area contributed by atoms with Gasteiger partial charge in [0.2, 0.25) is 0 Å². The molecule has 0 aliphatic rings. The molecule has 0 amide bonds. The Bertz CT molecular complexity index is 683. The fraction of sp³-hybridized carbons (Fsp3) is 0.350. The lowest BCUT2D eigenvalue weighted by Gasteiger charge is -2.24.